The van der Waals surface area contributed by atoms with Crippen molar-refractivity contribution in [2.75, 3.05) is 21.2 Å². The lowest BCUT2D eigenvalue weighted by Crippen LogP contribution is -2.24. The summed E-state index contributed by atoms with van der Waals surface area (Å²) in [6, 6.07) is 7.68. The molecule has 0 spiro atoms. The van der Waals surface area contributed by atoms with Gasteiger partial charge in [0.2, 0.25) is 0 Å². The minimum atomic E-state index is -0.665. The van der Waals surface area contributed by atoms with Gasteiger partial charge in [0.05, 0.1) is 12.7 Å². The van der Waals surface area contributed by atoms with E-state index in [1.54, 1.807) is 18.2 Å². The molecule has 6 heteroatoms. The van der Waals surface area contributed by atoms with E-state index in [2.05, 4.69) is 4.74 Å². The molecule has 0 atom stereocenters. The Bertz CT molecular complexity index is 612. The molecular weight excluding hydrogens is 260 g/mol. The monoisotopic (exact) mass is 274 g/mol. The highest BCUT2D eigenvalue weighted by Crippen LogP contribution is 2.21. The summed E-state index contributed by atoms with van der Waals surface area (Å²) in [6.07, 6.45) is 0. The van der Waals surface area contributed by atoms with Gasteiger partial charge in [-0.2, -0.15) is 5.26 Å². The van der Waals surface area contributed by atoms with E-state index in [1.807, 2.05) is 0 Å². The van der Waals surface area contributed by atoms with E-state index in [1.165, 1.54) is 33.3 Å². The van der Waals surface area contributed by atoms with Crippen LogP contribution in [-0.4, -0.2) is 43.1 Å². The number of ether oxygens (including phenoxy) is 1. The van der Waals surface area contributed by atoms with Crippen LogP contribution in [0.5, 0.6) is 0 Å². The van der Waals surface area contributed by atoms with E-state index >= 15 is 0 Å². The van der Waals surface area contributed by atoms with Crippen molar-refractivity contribution in [1.82, 2.24) is 4.90 Å². The number of esters is 1. The lowest BCUT2D eigenvalue weighted by molar-refractivity contribution is -0.124. The number of methoxy groups -OCH3 is 1. The van der Waals surface area contributed by atoms with Crippen LogP contribution in [0.4, 0.5) is 0 Å². The van der Waals surface area contributed by atoms with Crippen LogP contribution in [0.25, 0.3) is 5.76 Å². The van der Waals surface area contributed by atoms with Crippen LogP contribution >= 0.6 is 0 Å². The first kappa shape index (κ1) is 15.2. The van der Waals surface area contributed by atoms with Crippen molar-refractivity contribution in [3.63, 3.8) is 0 Å². The molecular formula is C14H14N2O4. The molecule has 0 aliphatic heterocycles. The van der Waals surface area contributed by atoms with E-state index in [9.17, 15) is 14.7 Å². The molecule has 0 unspecified atom stereocenters. The highest BCUT2D eigenvalue weighted by molar-refractivity contribution is 6.05. The Balaban J connectivity index is 3.47. The van der Waals surface area contributed by atoms with Crippen LogP contribution in [0.2, 0.25) is 0 Å². The fourth-order valence-electron chi connectivity index (χ4n) is 1.54. The number of carbonyl (C=O) groups is 2. The molecule has 0 fully saturated rings. The molecule has 1 aromatic rings. The predicted molar refractivity (Wildman–Crippen MR) is 71.6 cm³/mol. The molecule has 0 aromatic heterocycles. The second-order valence-corrected chi connectivity index (χ2v) is 4.07. The Hall–Kier alpha value is -2.81. The number of benzene rings is 1. The molecule has 0 heterocycles. The number of amides is 1. The van der Waals surface area contributed by atoms with Crippen molar-refractivity contribution in [2.24, 2.45) is 0 Å². The van der Waals surface area contributed by atoms with E-state index < -0.39 is 23.2 Å². The van der Waals surface area contributed by atoms with E-state index in [0.29, 0.717) is 0 Å². The first-order chi connectivity index (χ1) is 9.43. The maximum atomic E-state index is 11.8. The summed E-state index contributed by atoms with van der Waals surface area (Å²) in [6.45, 7) is 0. The van der Waals surface area contributed by atoms with Gasteiger partial charge >= 0.3 is 5.97 Å². The summed E-state index contributed by atoms with van der Waals surface area (Å²) in [7, 11) is 4.12. The summed E-state index contributed by atoms with van der Waals surface area (Å²) in [5.74, 6) is -1.86. The highest BCUT2D eigenvalue weighted by Gasteiger charge is 2.22. The molecule has 0 saturated carbocycles. The van der Waals surface area contributed by atoms with Gasteiger partial charge in [-0.05, 0) is 6.07 Å². The average Bonchev–Trinajstić information content (AvgIpc) is 2.46. The predicted octanol–water partition coefficient (Wildman–Crippen LogP) is 1.35. The maximum Gasteiger partial charge on any atom is 0.338 e. The van der Waals surface area contributed by atoms with Gasteiger partial charge in [-0.25, -0.2) is 4.79 Å². The van der Waals surface area contributed by atoms with Crippen molar-refractivity contribution in [1.29, 1.82) is 5.26 Å². The zero-order chi connectivity index (χ0) is 15.3. The second-order valence-electron chi connectivity index (χ2n) is 4.07. The molecule has 6 nitrogen and oxygen atoms in total. The SMILES string of the molecule is COC(=O)c1ccccc1C(O)=C(C#N)C(=O)N(C)C. The summed E-state index contributed by atoms with van der Waals surface area (Å²) in [4.78, 5) is 24.6. The topological polar surface area (TPSA) is 90.6 Å². The third-order valence-corrected chi connectivity index (χ3v) is 2.56. The lowest BCUT2D eigenvalue weighted by atomic mass is 10.0. The molecule has 0 aliphatic carbocycles. The fraction of sp³-hybridized carbons (Fsp3) is 0.214. The van der Waals surface area contributed by atoms with Gasteiger partial charge in [0.1, 0.15) is 11.8 Å². The van der Waals surface area contributed by atoms with Crippen molar-refractivity contribution >= 4 is 17.6 Å². The van der Waals surface area contributed by atoms with E-state index in [-0.39, 0.29) is 11.1 Å². The number of hydrogen-bond acceptors (Lipinski definition) is 5. The summed E-state index contributed by atoms with van der Waals surface area (Å²) in [5, 5.41) is 19.2. The van der Waals surface area contributed by atoms with Crippen molar-refractivity contribution < 1.29 is 19.4 Å². The Morgan fingerprint density at radius 3 is 2.25 bits per heavy atom. The normalized spacial score (nSPS) is 11.1. The fourth-order valence-corrected chi connectivity index (χ4v) is 1.54. The highest BCUT2D eigenvalue weighted by atomic mass is 16.5. The summed E-state index contributed by atoms with van der Waals surface area (Å²) >= 11 is 0. The van der Waals surface area contributed by atoms with Crippen LogP contribution in [-0.2, 0) is 9.53 Å². The smallest absolute Gasteiger partial charge is 0.338 e. The van der Waals surface area contributed by atoms with Gasteiger partial charge in [0.15, 0.2) is 5.57 Å². The number of carbonyl (C=O) groups excluding carboxylic acids is 2. The van der Waals surface area contributed by atoms with Gasteiger partial charge in [-0.3, -0.25) is 4.79 Å². The van der Waals surface area contributed by atoms with Gasteiger partial charge in [0.25, 0.3) is 5.91 Å². The van der Waals surface area contributed by atoms with E-state index in [0.717, 1.165) is 4.90 Å². The summed E-state index contributed by atoms with van der Waals surface area (Å²) in [5.41, 5.74) is -0.288. The first-order valence-electron chi connectivity index (χ1n) is 5.66. The lowest BCUT2D eigenvalue weighted by Gasteiger charge is -2.12. The first-order valence-corrected chi connectivity index (χ1v) is 5.66. The number of likely N-dealkylation sites (N-methyl/N-ethyl adjacent to an activating group) is 1. The molecule has 0 radical (unpaired) electrons. The number of rotatable bonds is 3. The summed E-state index contributed by atoms with van der Waals surface area (Å²) < 4.78 is 4.60. The van der Waals surface area contributed by atoms with Crippen LogP contribution in [0.15, 0.2) is 29.8 Å². The Morgan fingerprint density at radius 1 is 1.25 bits per heavy atom. The van der Waals surface area contributed by atoms with Gasteiger partial charge in [-0.15, -0.1) is 0 Å². The quantitative estimate of drug-likeness (QED) is 0.389. The third kappa shape index (κ3) is 2.95. The molecule has 0 aliphatic rings. The Kier molecular flexibility index (Phi) is 4.87. The van der Waals surface area contributed by atoms with Gasteiger partial charge < -0.3 is 14.7 Å². The largest absolute Gasteiger partial charge is 0.506 e. The zero-order valence-electron chi connectivity index (χ0n) is 11.4. The number of aliphatic hydroxyl groups excluding tert-OH is 1. The Labute approximate surface area is 116 Å². The average molecular weight is 274 g/mol. The van der Waals surface area contributed by atoms with Crippen molar-refractivity contribution in [2.45, 2.75) is 0 Å². The van der Waals surface area contributed by atoms with Gasteiger partial charge in [-0.1, -0.05) is 18.2 Å². The molecule has 0 bridgehead atoms. The van der Waals surface area contributed by atoms with Crippen LogP contribution in [0.1, 0.15) is 15.9 Å². The minimum Gasteiger partial charge on any atom is -0.506 e. The Morgan fingerprint density at radius 2 is 1.80 bits per heavy atom. The number of nitrogens with zero attached hydrogens (tertiary/aromatic N) is 2. The number of nitriles is 1. The van der Waals surface area contributed by atoms with E-state index in [4.69, 9.17) is 5.26 Å². The minimum absolute atomic E-state index is 0.0751. The molecule has 1 amide bonds. The third-order valence-electron chi connectivity index (χ3n) is 2.56. The zero-order valence-corrected chi connectivity index (χ0v) is 11.4. The van der Waals surface area contributed by atoms with Gasteiger partial charge in [0, 0.05) is 19.7 Å². The number of hydrogen-bond donors (Lipinski definition) is 1. The standard InChI is InChI=1S/C14H14N2O4/c1-16(2)13(18)11(8-15)12(17)9-6-4-5-7-10(9)14(19)20-3/h4-7,17H,1-3H3. The second kappa shape index (κ2) is 6.38. The molecule has 1 aromatic carbocycles. The maximum absolute atomic E-state index is 11.8. The molecule has 1 N–H and O–H groups in total. The van der Waals surface area contributed by atoms with Crippen LogP contribution < -0.4 is 0 Å². The molecule has 104 valence electrons. The molecule has 0 saturated heterocycles. The molecule has 20 heavy (non-hydrogen) atoms. The van der Waals surface area contributed by atoms with Crippen molar-refractivity contribution in [3.05, 3.63) is 41.0 Å². The molecule has 1 rings (SSSR count). The van der Waals surface area contributed by atoms with Crippen LogP contribution in [0, 0.1) is 11.3 Å². The van der Waals surface area contributed by atoms with Crippen LogP contribution in [0.3, 0.4) is 0 Å². The van der Waals surface area contributed by atoms with Crippen molar-refractivity contribution in [3.8, 4) is 6.07 Å². The number of aliphatic hydroxyl groups is 1.